The van der Waals surface area contributed by atoms with Crippen LogP contribution in [0.1, 0.15) is 40.5 Å². The van der Waals surface area contributed by atoms with Crippen LogP contribution in [0.4, 0.5) is 4.79 Å². The van der Waals surface area contributed by atoms with E-state index < -0.39 is 5.60 Å². The Morgan fingerprint density at radius 3 is 2.71 bits per heavy atom. The smallest absolute Gasteiger partial charge is 0.317 e. The van der Waals surface area contributed by atoms with Gasteiger partial charge in [-0.25, -0.2) is 4.79 Å². The number of aliphatic hydroxyl groups is 1. The van der Waals surface area contributed by atoms with Gasteiger partial charge < -0.3 is 15.3 Å². The number of nitrogens with zero attached hydrogens (tertiary/aromatic N) is 1. The number of unbranched alkanes of at least 4 members (excludes halogenated alkanes) is 1. The van der Waals surface area contributed by atoms with Crippen molar-refractivity contribution in [3.8, 4) is 0 Å². The zero-order valence-electron chi connectivity index (χ0n) is 11.5. The molecule has 4 heteroatoms. The maximum absolute atomic E-state index is 11.9. The molecule has 0 aromatic rings. The monoisotopic (exact) mass is 242 g/mol. The minimum absolute atomic E-state index is 0.0399. The van der Waals surface area contributed by atoms with E-state index in [-0.39, 0.29) is 17.9 Å². The van der Waals surface area contributed by atoms with Crippen molar-refractivity contribution in [2.45, 2.75) is 46.1 Å². The van der Waals surface area contributed by atoms with Gasteiger partial charge in [0.15, 0.2) is 0 Å². The molecule has 1 heterocycles. The van der Waals surface area contributed by atoms with E-state index >= 15 is 0 Å². The van der Waals surface area contributed by atoms with Crippen LogP contribution in [0, 0.1) is 11.8 Å². The molecule has 0 aliphatic carbocycles. The van der Waals surface area contributed by atoms with Crippen molar-refractivity contribution in [1.29, 1.82) is 0 Å². The summed E-state index contributed by atoms with van der Waals surface area (Å²) in [5.41, 5.74) is -0.734. The fourth-order valence-electron chi connectivity index (χ4n) is 2.41. The molecule has 2 N–H and O–H groups in total. The Morgan fingerprint density at radius 1 is 1.59 bits per heavy atom. The Kier molecular flexibility index (Phi) is 4.80. The van der Waals surface area contributed by atoms with Crippen LogP contribution in [0.2, 0.25) is 0 Å². The number of hydrogen-bond acceptors (Lipinski definition) is 2. The first-order chi connectivity index (χ1) is 7.91. The summed E-state index contributed by atoms with van der Waals surface area (Å²) >= 11 is 0. The number of likely N-dealkylation sites (tertiary alicyclic amines) is 1. The molecule has 1 rings (SSSR count). The lowest BCUT2D eigenvalue weighted by Crippen LogP contribution is -2.45. The Balaban J connectivity index is 2.51. The van der Waals surface area contributed by atoms with E-state index in [4.69, 9.17) is 0 Å². The van der Waals surface area contributed by atoms with Gasteiger partial charge in [-0.2, -0.15) is 0 Å². The van der Waals surface area contributed by atoms with E-state index in [1.54, 1.807) is 4.90 Å². The van der Waals surface area contributed by atoms with Crippen LogP contribution in [-0.2, 0) is 0 Å². The first kappa shape index (κ1) is 14.3. The standard InChI is InChI=1S/C13H26N2O2/c1-5-6-7-14-12(16)15-8-11(4)13(17,9-15)10(2)3/h10-11,17H,5-9H2,1-4H3,(H,14,16)/t11-,13-/m0/s1. The predicted molar refractivity (Wildman–Crippen MR) is 68.8 cm³/mol. The normalized spacial score (nSPS) is 28.8. The van der Waals surface area contributed by atoms with E-state index in [0.29, 0.717) is 13.1 Å². The van der Waals surface area contributed by atoms with E-state index in [2.05, 4.69) is 12.2 Å². The lowest BCUT2D eigenvalue weighted by atomic mass is 9.82. The van der Waals surface area contributed by atoms with Gasteiger partial charge in [-0.15, -0.1) is 0 Å². The minimum atomic E-state index is -0.734. The number of urea groups is 1. The van der Waals surface area contributed by atoms with Gasteiger partial charge >= 0.3 is 6.03 Å². The summed E-state index contributed by atoms with van der Waals surface area (Å²) in [6.07, 6.45) is 2.08. The second-order valence-electron chi connectivity index (χ2n) is 5.51. The van der Waals surface area contributed by atoms with Crippen LogP contribution in [0.3, 0.4) is 0 Å². The molecule has 0 aromatic heterocycles. The largest absolute Gasteiger partial charge is 0.387 e. The number of rotatable bonds is 4. The molecule has 100 valence electrons. The van der Waals surface area contributed by atoms with Crippen molar-refractivity contribution in [3.63, 3.8) is 0 Å². The zero-order chi connectivity index (χ0) is 13.1. The summed E-state index contributed by atoms with van der Waals surface area (Å²) in [5, 5.41) is 13.4. The van der Waals surface area contributed by atoms with Gasteiger partial charge in [-0.3, -0.25) is 0 Å². The molecule has 0 radical (unpaired) electrons. The highest BCUT2D eigenvalue weighted by Crippen LogP contribution is 2.33. The summed E-state index contributed by atoms with van der Waals surface area (Å²) in [6, 6.07) is -0.0399. The summed E-state index contributed by atoms with van der Waals surface area (Å²) in [6.45, 7) is 9.95. The molecule has 2 amide bonds. The molecule has 2 atom stereocenters. The average molecular weight is 242 g/mol. The molecule has 0 spiro atoms. The van der Waals surface area contributed by atoms with Gasteiger partial charge in [0, 0.05) is 19.0 Å². The predicted octanol–water partition coefficient (Wildman–Crippen LogP) is 1.83. The number of carbonyl (C=O) groups excluding carboxylic acids is 1. The van der Waals surface area contributed by atoms with Crippen LogP contribution < -0.4 is 5.32 Å². The van der Waals surface area contributed by atoms with Gasteiger partial charge in [0.25, 0.3) is 0 Å². The van der Waals surface area contributed by atoms with Crippen LogP contribution in [0.5, 0.6) is 0 Å². The fourth-order valence-corrected chi connectivity index (χ4v) is 2.41. The van der Waals surface area contributed by atoms with Crippen molar-refractivity contribution in [2.24, 2.45) is 11.8 Å². The molecule has 4 nitrogen and oxygen atoms in total. The van der Waals surface area contributed by atoms with Crippen molar-refractivity contribution in [1.82, 2.24) is 10.2 Å². The Labute approximate surface area is 104 Å². The maximum Gasteiger partial charge on any atom is 0.317 e. The highest BCUT2D eigenvalue weighted by Gasteiger charge is 2.46. The van der Waals surface area contributed by atoms with Crippen LogP contribution in [0.15, 0.2) is 0 Å². The molecular weight excluding hydrogens is 216 g/mol. The average Bonchev–Trinajstić information content (AvgIpc) is 2.57. The van der Waals surface area contributed by atoms with Crippen molar-refractivity contribution in [2.75, 3.05) is 19.6 Å². The molecule has 1 fully saturated rings. The molecule has 1 aliphatic rings. The van der Waals surface area contributed by atoms with E-state index in [1.165, 1.54) is 0 Å². The van der Waals surface area contributed by atoms with Crippen molar-refractivity contribution in [3.05, 3.63) is 0 Å². The highest BCUT2D eigenvalue weighted by atomic mass is 16.3. The third kappa shape index (κ3) is 3.12. The Bertz CT molecular complexity index is 268. The van der Waals surface area contributed by atoms with Crippen molar-refractivity contribution >= 4 is 6.03 Å². The number of nitrogens with one attached hydrogen (secondary N) is 1. The summed E-state index contributed by atoms with van der Waals surface area (Å²) in [5.74, 6) is 0.311. The number of carbonyl (C=O) groups is 1. The summed E-state index contributed by atoms with van der Waals surface area (Å²) < 4.78 is 0. The van der Waals surface area contributed by atoms with E-state index in [1.807, 2.05) is 20.8 Å². The number of β-amino-alcohol motifs (C(OH)–C–C–N with tert-alkyl or cyclic N) is 1. The molecule has 0 aromatic carbocycles. The Hall–Kier alpha value is -0.770. The molecule has 0 unspecified atom stereocenters. The molecular formula is C13H26N2O2. The van der Waals surface area contributed by atoms with Crippen LogP contribution in [0.25, 0.3) is 0 Å². The third-order valence-corrected chi connectivity index (χ3v) is 3.89. The zero-order valence-corrected chi connectivity index (χ0v) is 11.5. The molecule has 1 saturated heterocycles. The number of amides is 2. The first-order valence-corrected chi connectivity index (χ1v) is 6.67. The quantitative estimate of drug-likeness (QED) is 0.739. The summed E-state index contributed by atoms with van der Waals surface area (Å²) in [7, 11) is 0. The van der Waals surface area contributed by atoms with Gasteiger partial charge in [0.2, 0.25) is 0 Å². The molecule has 0 saturated carbocycles. The highest BCUT2D eigenvalue weighted by molar-refractivity contribution is 5.74. The SMILES string of the molecule is CCCCNC(=O)N1C[C@H](C)[C@@](O)(C(C)C)C1. The van der Waals surface area contributed by atoms with Crippen LogP contribution >= 0.6 is 0 Å². The maximum atomic E-state index is 11.9. The molecule has 17 heavy (non-hydrogen) atoms. The topological polar surface area (TPSA) is 52.6 Å². The van der Waals surface area contributed by atoms with E-state index in [0.717, 1.165) is 19.4 Å². The lowest BCUT2D eigenvalue weighted by Gasteiger charge is -2.30. The molecule has 0 bridgehead atoms. The lowest BCUT2D eigenvalue weighted by molar-refractivity contribution is -0.0235. The molecule has 1 aliphatic heterocycles. The van der Waals surface area contributed by atoms with Crippen LogP contribution in [-0.4, -0.2) is 41.3 Å². The van der Waals surface area contributed by atoms with Gasteiger partial charge in [0.1, 0.15) is 0 Å². The van der Waals surface area contributed by atoms with E-state index in [9.17, 15) is 9.90 Å². The fraction of sp³-hybridized carbons (Fsp3) is 0.923. The second-order valence-corrected chi connectivity index (χ2v) is 5.51. The third-order valence-electron chi connectivity index (χ3n) is 3.89. The van der Waals surface area contributed by atoms with Crippen molar-refractivity contribution < 1.29 is 9.90 Å². The van der Waals surface area contributed by atoms with Gasteiger partial charge in [-0.1, -0.05) is 34.1 Å². The van der Waals surface area contributed by atoms with Gasteiger partial charge in [0.05, 0.1) is 12.1 Å². The first-order valence-electron chi connectivity index (χ1n) is 6.67. The summed E-state index contributed by atoms with van der Waals surface area (Å²) in [4.78, 5) is 13.6. The second kappa shape index (κ2) is 5.71. The number of hydrogen-bond donors (Lipinski definition) is 2. The minimum Gasteiger partial charge on any atom is -0.387 e. The van der Waals surface area contributed by atoms with Gasteiger partial charge in [-0.05, 0) is 12.3 Å². The Morgan fingerprint density at radius 2 is 2.24 bits per heavy atom.